The van der Waals surface area contributed by atoms with Crippen molar-refractivity contribution in [3.8, 4) is 0 Å². The molecular weight excluding hydrogens is 226 g/mol. The van der Waals surface area contributed by atoms with Crippen molar-refractivity contribution < 1.29 is 9.47 Å². The zero-order chi connectivity index (χ0) is 13.3. The third-order valence-corrected chi connectivity index (χ3v) is 3.48. The fourth-order valence-electron chi connectivity index (χ4n) is 2.52. The molecule has 1 aliphatic rings. The van der Waals surface area contributed by atoms with Crippen LogP contribution in [0.25, 0.3) is 0 Å². The quantitative estimate of drug-likeness (QED) is 0.610. The largest absolute Gasteiger partial charge is 0.379 e. The molecule has 0 aliphatic heterocycles. The number of hydrogen-bond donors (Lipinski definition) is 1. The van der Waals surface area contributed by atoms with E-state index < -0.39 is 0 Å². The Morgan fingerprint density at radius 1 is 1.17 bits per heavy atom. The van der Waals surface area contributed by atoms with E-state index in [0.717, 1.165) is 32.9 Å². The molecule has 0 aromatic carbocycles. The fraction of sp³-hybridized carbons (Fsp3) is 1.00. The summed E-state index contributed by atoms with van der Waals surface area (Å²) in [7, 11) is 0. The molecule has 1 aliphatic carbocycles. The lowest BCUT2D eigenvalue weighted by Crippen LogP contribution is -2.41. The van der Waals surface area contributed by atoms with Gasteiger partial charge in [-0.2, -0.15) is 0 Å². The molecule has 0 aromatic heterocycles. The summed E-state index contributed by atoms with van der Waals surface area (Å²) in [6.45, 7) is 11.0. The van der Waals surface area contributed by atoms with Crippen molar-refractivity contribution in [2.45, 2.75) is 58.5 Å². The smallest absolute Gasteiger partial charge is 0.0807 e. The van der Waals surface area contributed by atoms with Crippen molar-refractivity contribution in [1.29, 1.82) is 0 Å². The Morgan fingerprint density at radius 3 is 2.50 bits per heavy atom. The molecule has 0 unspecified atom stereocenters. The first-order chi connectivity index (χ1) is 8.68. The van der Waals surface area contributed by atoms with Crippen molar-refractivity contribution in [1.82, 2.24) is 5.32 Å². The van der Waals surface area contributed by atoms with Gasteiger partial charge in [0.25, 0.3) is 0 Å². The fourth-order valence-corrected chi connectivity index (χ4v) is 2.52. The van der Waals surface area contributed by atoms with Crippen LogP contribution in [0.3, 0.4) is 0 Å². The van der Waals surface area contributed by atoms with Gasteiger partial charge in [0.15, 0.2) is 0 Å². The highest BCUT2D eigenvalue weighted by molar-refractivity contribution is 4.88. The van der Waals surface area contributed by atoms with Gasteiger partial charge >= 0.3 is 0 Å². The van der Waals surface area contributed by atoms with E-state index in [1.165, 1.54) is 32.1 Å². The van der Waals surface area contributed by atoms with Crippen LogP contribution < -0.4 is 5.32 Å². The van der Waals surface area contributed by atoms with E-state index in [9.17, 15) is 0 Å². The maximum Gasteiger partial charge on any atom is 0.0807 e. The standard InChI is InChI=1S/C15H31NO2/c1-4-9-16-13-15(7-5-6-8-15)18-11-10-17-12-14(2)3/h14,16H,4-13H2,1-3H3. The Bertz CT molecular complexity index is 201. The first-order valence-corrected chi connectivity index (χ1v) is 7.61. The summed E-state index contributed by atoms with van der Waals surface area (Å²) in [5.74, 6) is 0.608. The van der Waals surface area contributed by atoms with Crippen LogP contribution in [-0.4, -0.2) is 38.5 Å². The molecule has 1 fully saturated rings. The lowest BCUT2D eigenvalue weighted by atomic mass is 10.0. The molecule has 0 heterocycles. The molecule has 0 atom stereocenters. The van der Waals surface area contributed by atoms with Gasteiger partial charge in [-0.3, -0.25) is 0 Å². The first kappa shape index (κ1) is 15.9. The molecule has 108 valence electrons. The maximum absolute atomic E-state index is 6.13. The molecule has 18 heavy (non-hydrogen) atoms. The highest BCUT2D eigenvalue weighted by Gasteiger charge is 2.34. The Balaban J connectivity index is 2.16. The van der Waals surface area contributed by atoms with E-state index in [-0.39, 0.29) is 5.60 Å². The van der Waals surface area contributed by atoms with Crippen LogP contribution in [0, 0.1) is 5.92 Å². The highest BCUT2D eigenvalue weighted by Crippen LogP contribution is 2.32. The van der Waals surface area contributed by atoms with Gasteiger partial charge in [-0.25, -0.2) is 0 Å². The average Bonchev–Trinajstić information content (AvgIpc) is 2.78. The number of nitrogens with one attached hydrogen (secondary N) is 1. The summed E-state index contributed by atoms with van der Waals surface area (Å²) in [6, 6.07) is 0. The summed E-state index contributed by atoms with van der Waals surface area (Å²) in [5.41, 5.74) is 0.0936. The van der Waals surface area contributed by atoms with Crippen LogP contribution in [0.2, 0.25) is 0 Å². The minimum absolute atomic E-state index is 0.0936. The summed E-state index contributed by atoms with van der Waals surface area (Å²) in [4.78, 5) is 0. The van der Waals surface area contributed by atoms with Gasteiger partial charge in [-0.15, -0.1) is 0 Å². The van der Waals surface area contributed by atoms with Crippen LogP contribution in [0.1, 0.15) is 52.9 Å². The van der Waals surface area contributed by atoms with Crippen molar-refractivity contribution in [3.63, 3.8) is 0 Å². The van der Waals surface area contributed by atoms with Crippen LogP contribution in [0.5, 0.6) is 0 Å². The van der Waals surface area contributed by atoms with Crippen LogP contribution in [0.4, 0.5) is 0 Å². The minimum Gasteiger partial charge on any atom is -0.379 e. The Labute approximate surface area is 113 Å². The molecule has 0 amide bonds. The normalized spacial score (nSPS) is 18.7. The molecule has 1 saturated carbocycles. The van der Waals surface area contributed by atoms with Gasteiger partial charge in [0.2, 0.25) is 0 Å². The van der Waals surface area contributed by atoms with E-state index in [1.807, 2.05) is 0 Å². The van der Waals surface area contributed by atoms with Crippen LogP contribution in [-0.2, 0) is 9.47 Å². The van der Waals surface area contributed by atoms with E-state index >= 15 is 0 Å². The van der Waals surface area contributed by atoms with Crippen molar-refractivity contribution in [2.75, 3.05) is 32.9 Å². The van der Waals surface area contributed by atoms with Crippen LogP contribution >= 0.6 is 0 Å². The third kappa shape index (κ3) is 6.17. The topological polar surface area (TPSA) is 30.5 Å². The zero-order valence-electron chi connectivity index (χ0n) is 12.5. The van der Waals surface area contributed by atoms with Crippen molar-refractivity contribution >= 4 is 0 Å². The number of ether oxygens (including phenoxy) is 2. The molecule has 3 heteroatoms. The van der Waals surface area contributed by atoms with Gasteiger partial charge in [0.05, 0.1) is 18.8 Å². The Morgan fingerprint density at radius 2 is 1.89 bits per heavy atom. The number of hydrogen-bond acceptors (Lipinski definition) is 3. The summed E-state index contributed by atoms with van der Waals surface area (Å²) in [5, 5.41) is 3.51. The highest BCUT2D eigenvalue weighted by atomic mass is 16.5. The molecular formula is C15H31NO2. The molecule has 0 aromatic rings. The van der Waals surface area contributed by atoms with Crippen molar-refractivity contribution in [2.24, 2.45) is 5.92 Å². The molecule has 3 nitrogen and oxygen atoms in total. The maximum atomic E-state index is 6.13. The molecule has 0 saturated heterocycles. The SMILES string of the molecule is CCCNCC1(OCCOCC(C)C)CCCC1. The average molecular weight is 257 g/mol. The van der Waals surface area contributed by atoms with Crippen molar-refractivity contribution in [3.05, 3.63) is 0 Å². The predicted octanol–water partition coefficient (Wildman–Crippen LogP) is 2.99. The molecule has 1 rings (SSSR count). The lowest BCUT2D eigenvalue weighted by molar-refractivity contribution is -0.0645. The second-order valence-electron chi connectivity index (χ2n) is 5.88. The second-order valence-corrected chi connectivity index (χ2v) is 5.88. The monoisotopic (exact) mass is 257 g/mol. The van der Waals surface area contributed by atoms with Gasteiger partial charge in [0.1, 0.15) is 0 Å². The van der Waals surface area contributed by atoms with Gasteiger partial charge in [-0.05, 0) is 31.7 Å². The Hall–Kier alpha value is -0.120. The van der Waals surface area contributed by atoms with Gasteiger partial charge in [-0.1, -0.05) is 33.6 Å². The lowest BCUT2D eigenvalue weighted by Gasteiger charge is -2.30. The molecule has 1 N–H and O–H groups in total. The minimum atomic E-state index is 0.0936. The zero-order valence-corrected chi connectivity index (χ0v) is 12.5. The van der Waals surface area contributed by atoms with Crippen LogP contribution in [0.15, 0.2) is 0 Å². The summed E-state index contributed by atoms with van der Waals surface area (Å²) >= 11 is 0. The third-order valence-electron chi connectivity index (χ3n) is 3.48. The van der Waals surface area contributed by atoms with E-state index in [4.69, 9.17) is 9.47 Å². The second kappa shape index (κ2) is 8.89. The summed E-state index contributed by atoms with van der Waals surface area (Å²) < 4.78 is 11.7. The molecule has 0 radical (unpaired) electrons. The molecule has 0 spiro atoms. The van der Waals surface area contributed by atoms with Gasteiger partial charge < -0.3 is 14.8 Å². The first-order valence-electron chi connectivity index (χ1n) is 7.61. The number of rotatable bonds is 10. The molecule has 0 bridgehead atoms. The van der Waals surface area contributed by atoms with E-state index in [0.29, 0.717) is 5.92 Å². The summed E-state index contributed by atoms with van der Waals surface area (Å²) in [6.07, 6.45) is 6.21. The van der Waals surface area contributed by atoms with E-state index in [1.54, 1.807) is 0 Å². The predicted molar refractivity (Wildman–Crippen MR) is 76.0 cm³/mol. The Kier molecular flexibility index (Phi) is 7.87. The van der Waals surface area contributed by atoms with Gasteiger partial charge in [0, 0.05) is 13.2 Å². The van der Waals surface area contributed by atoms with E-state index in [2.05, 4.69) is 26.1 Å².